The van der Waals surface area contributed by atoms with Gasteiger partial charge in [-0.2, -0.15) is 0 Å². The molecule has 1 rings (SSSR count). The summed E-state index contributed by atoms with van der Waals surface area (Å²) in [5, 5.41) is 9.05. The maximum absolute atomic E-state index is 10.7. The summed E-state index contributed by atoms with van der Waals surface area (Å²) in [5.74, 6) is 3.51. The number of nitrogens with two attached hydrogens (primary N) is 1. The third kappa shape index (κ3) is 3.64. The van der Waals surface area contributed by atoms with E-state index in [-0.39, 0.29) is 17.0 Å². The summed E-state index contributed by atoms with van der Waals surface area (Å²) in [4.78, 5) is 21.1. The summed E-state index contributed by atoms with van der Waals surface area (Å²) in [6, 6.07) is 4.22. The number of hydrogen-bond donors (Lipinski definition) is 2. The first-order valence-electron chi connectivity index (χ1n) is 4.30. The first-order chi connectivity index (χ1) is 7.49. The van der Waals surface area contributed by atoms with Crippen LogP contribution >= 0.6 is 11.6 Å². The van der Waals surface area contributed by atoms with Gasteiger partial charge in [-0.05, 0) is 18.2 Å². The molecule has 0 saturated heterocycles. The van der Waals surface area contributed by atoms with Crippen LogP contribution in [0.5, 0.6) is 0 Å². The van der Waals surface area contributed by atoms with Gasteiger partial charge in [0.05, 0.1) is 12.0 Å². The molecule has 1 aromatic carbocycles. The number of hydrogen-bond acceptors (Lipinski definition) is 2. The van der Waals surface area contributed by atoms with Gasteiger partial charge in [-0.3, -0.25) is 4.79 Å². The van der Waals surface area contributed by atoms with Gasteiger partial charge in [-0.25, -0.2) is 4.79 Å². The maximum atomic E-state index is 10.7. The Hall–Kier alpha value is -1.99. The van der Waals surface area contributed by atoms with E-state index in [1.165, 1.54) is 18.2 Å². The number of amides is 1. The van der Waals surface area contributed by atoms with Crippen LogP contribution in [0.2, 0.25) is 5.02 Å². The Morgan fingerprint density at radius 3 is 2.62 bits per heavy atom. The minimum absolute atomic E-state index is 0.0517. The molecule has 0 saturated carbocycles. The Labute approximate surface area is 97.0 Å². The van der Waals surface area contributed by atoms with Gasteiger partial charge in [0.25, 0.3) is 0 Å². The second-order valence-electron chi connectivity index (χ2n) is 2.98. The number of carboxylic acid groups (broad SMARTS) is 1. The van der Waals surface area contributed by atoms with Gasteiger partial charge in [-0.15, -0.1) is 0 Å². The fraction of sp³-hybridized carbons (Fsp3) is 0.0909. The van der Waals surface area contributed by atoms with Gasteiger partial charge in [0.1, 0.15) is 0 Å². The van der Waals surface area contributed by atoms with E-state index in [2.05, 4.69) is 11.8 Å². The largest absolute Gasteiger partial charge is 0.478 e. The zero-order valence-corrected chi connectivity index (χ0v) is 8.91. The van der Waals surface area contributed by atoms with E-state index in [0.29, 0.717) is 5.56 Å². The number of carbonyl (C=O) groups excluding carboxylic acids is 1. The molecular weight excluding hydrogens is 230 g/mol. The zero-order chi connectivity index (χ0) is 12.1. The molecule has 0 aliphatic rings. The van der Waals surface area contributed by atoms with Crippen LogP contribution in [-0.2, 0) is 4.79 Å². The molecule has 1 amide bonds. The van der Waals surface area contributed by atoms with Crippen LogP contribution in [0.15, 0.2) is 18.2 Å². The molecule has 82 valence electrons. The molecule has 0 atom stereocenters. The van der Waals surface area contributed by atoms with E-state index < -0.39 is 11.9 Å². The van der Waals surface area contributed by atoms with Gasteiger partial charge in [-0.1, -0.05) is 23.4 Å². The molecule has 0 heterocycles. The van der Waals surface area contributed by atoms with Crippen molar-refractivity contribution >= 4 is 23.5 Å². The van der Waals surface area contributed by atoms with Crippen LogP contribution in [-0.4, -0.2) is 17.0 Å². The van der Waals surface area contributed by atoms with Crippen LogP contribution in [0.3, 0.4) is 0 Å². The Morgan fingerprint density at radius 2 is 2.06 bits per heavy atom. The van der Waals surface area contributed by atoms with Crippen molar-refractivity contribution in [3.8, 4) is 11.8 Å². The fourth-order valence-corrected chi connectivity index (χ4v) is 1.25. The van der Waals surface area contributed by atoms with Crippen molar-refractivity contribution in [2.24, 2.45) is 5.73 Å². The van der Waals surface area contributed by atoms with Crippen molar-refractivity contribution in [3.05, 3.63) is 34.3 Å². The smallest absolute Gasteiger partial charge is 0.335 e. The standard InChI is InChI=1S/C11H8ClNO3/c12-9-5-7(2-1-3-10(13)14)4-8(6-9)11(15)16/h4-6H,3H2,(H2,13,14)(H,15,16). The van der Waals surface area contributed by atoms with E-state index in [0.717, 1.165) is 0 Å². The summed E-state index contributed by atoms with van der Waals surface area (Å²) < 4.78 is 0. The Bertz CT molecular complexity index is 500. The third-order valence-corrected chi connectivity index (χ3v) is 1.86. The number of benzene rings is 1. The minimum Gasteiger partial charge on any atom is -0.478 e. The lowest BCUT2D eigenvalue weighted by molar-refractivity contribution is -0.117. The number of aromatic carboxylic acids is 1. The topological polar surface area (TPSA) is 80.4 Å². The molecule has 0 radical (unpaired) electrons. The van der Waals surface area contributed by atoms with Gasteiger partial charge < -0.3 is 10.8 Å². The van der Waals surface area contributed by atoms with E-state index in [1.807, 2.05) is 0 Å². The lowest BCUT2D eigenvalue weighted by Crippen LogP contribution is -2.08. The first-order valence-corrected chi connectivity index (χ1v) is 4.68. The normalized spacial score (nSPS) is 9.06. The van der Waals surface area contributed by atoms with Crippen molar-refractivity contribution in [1.29, 1.82) is 0 Å². The van der Waals surface area contributed by atoms with Crippen LogP contribution in [0, 0.1) is 11.8 Å². The Balaban J connectivity index is 2.99. The summed E-state index contributed by atoms with van der Waals surface area (Å²) in [7, 11) is 0. The predicted octanol–water partition coefficient (Wildman–Crippen LogP) is 1.27. The maximum Gasteiger partial charge on any atom is 0.335 e. The van der Waals surface area contributed by atoms with Gasteiger partial charge in [0, 0.05) is 10.6 Å². The van der Waals surface area contributed by atoms with E-state index >= 15 is 0 Å². The quantitative estimate of drug-likeness (QED) is 0.760. The first kappa shape index (κ1) is 12.1. The van der Waals surface area contributed by atoms with Gasteiger partial charge in [0.15, 0.2) is 0 Å². The molecule has 0 spiro atoms. The number of primary amides is 1. The van der Waals surface area contributed by atoms with Crippen molar-refractivity contribution in [3.63, 3.8) is 0 Å². The summed E-state index contributed by atoms with van der Waals surface area (Å²) in [6.07, 6.45) is -0.0745. The average Bonchev–Trinajstić information content (AvgIpc) is 2.16. The monoisotopic (exact) mass is 237 g/mol. The molecule has 1 aromatic rings. The number of carboxylic acids is 1. The summed E-state index contributed by atoms with van der Waals surface area (Å²) in [5.41, 5.74) is 5.39. The highest BCUT2D eigenvalue weighted by Crippen LogP contribution is 2.14. The van der Waals surface area contributed by atoms with E-state index in [4.69, 9.17) is 22.4 Å². The summed E-state index contributed by atoms with van der Waals surface area (Å²) in [6.45, 7) is 0. The third-order valence-electron chi connectivity index (χ3n) is 1.64. The summed E-state index contributed by atoms with van der Waals surface area (Å²) >= 11 is 5.71. The molecule has 3 N–H and O–H groups in total. The van der Waals surface area contributed by atoms with Crippen LogP contribution in [0.4, 0.5) is 0 Å². The average molecular weight is 238 g/mol. The lowest BCUT2D eigenvalue weighted by atomic mass is 10.1. The molecule has 0 aromatic heterocycles. The molecule has 0 aliphatic carbocycles. The van der Waals surface area contributed by atoms with Gasteiger partial charge in [0.2, 0.25) is 5.91 Å². The zero-order valence-electron chi connectivity index (χ0n) is 8.16. The van der Waals surface area contributed by atoms with E-state index in [9.17, 15) is 9.59 Å². The molecule has 0 aliphatic heterocycles. The molecular formula is C11H8ClNO3. The van der Waals surface area contributed by atoms with Crippen LogP contribution in [0.25, 0.3) is 0 Å². The second-order valence-corrected chi connectivity index (χ2v) is 3.42. The van der Waals surface area contributed by atoms with E-state index in [1.54, 1.807) is 0 Å². The Morgan fingerprint density at radius 1 is 1.38 bits per heavy atom. The SMILES string of the molecule is NC(=O)CC#Cc1cc(Cl)cc(C(=O)O)c1. The molecule has 0 bridgehead atoms. The molecule has 5 heteroatoms. The number of carbonyl (C=O) groups is 2. The van der Waals surface area contributed by atoms with Crippen molar-refractivity contribution in [2.45, 2.75) is 6.42 Å². The molecule has 0 fully saturated rings. The number of rotatable bonds is 2. The molecule has 16 heavy (non-hydrogen) atoms. The van der Waals surface area contributed by atoms with Crippen molar-refractivity contribution in [2.75, 3.05) is 0 Å². The number of halogens is 1. The second kappa shape index (κ2) is 5.19. The molecule has 0 unspecified atom stereocenters. The highest BCUT2D eigenvalue weighted by Gasteiger charge is 2.04. The minimum atomic E-state index is -1.08. The van der Waals surface area contributed by atoms with Gasteiger partial charge >= 0.3 is 5.97 Å². The highest BCUT2D eigenvalue weighted by atomic mass is 35.5. The van der Waals surface area contributed by atoms with Crippen molar-refractivity contribution < 1.29 is 14.7 Å². The predicted molar refractivity (Wildman–Crippen MR) is 59.1 cm³/mol. The van der Waals surface area contributed by atoms with Crippen LogP contribution in [0.1, 0.15) is 22.3 Å². The fourth-order valence-electron chi connectivity index (χ4n) is 1.02. The lowest BCUT2D eigenvalue weighted by Gasteiger charge is -1.97. The van der Waals surface area contributed by atoms with Crippen LogP contribution < -0.4 is 5.73 Å². The van der Waals surface area contributed by atoms with Crippen molar-refractivity contribution in [1.82, 2.24) is 0 Å². The highest BCUT2D eigenvalue weighted by molar-refractivity contribution is 6.31. The molecule has 4 nitrogen and oxygen atoms in total. The Kier molecular flexibility index (Phi) is 3.92.